The Labute approximate surface area is 498 Å². The van der Waals surface area contributed by atoms with Crippen LogP contribution in [0, 0.1) is 0 Å². The zero-order chi connectivity index (χ0) is 58.7. The molecule has 418 valence electrons. The molecule has 84 heavy (non-hydrogen) atoms. The molecule has 0 atom stereocenters. The largest absolute Gasteiger partial charge is 0.310 e. The Kier molecular flexibility index (Phi) is 10.3. The van der Waals surface area contributed by atoms with E-state index in [1.54, 1.807) is 15.6 Å². The number of nitrogens with zero attached hydrogens (tertiary/aromatic N) is 3. The van der Waals surface area contributed by atoms with Crippen molar-refractivity contribution in [1.29, 1.82) is 0 Å². The van der Waals surface area contributed by atoms with E-state index in [4.69, 9.17) is 0 Å². The molecule has 0 fully saturated rings. The summed E-state index contributed by atoms with van der Waals surface area (Å²) in [6, 6.07) is 58.5. The molecular weight excluding hydrogens is 1030 g/mol. The maximum Gasteiger partial charge on any atom is 0.252 e. The molecule has 3 nitrogen and oxygen atoms in total. The molecule has 0 saturated carbocycles. The highest BCUT2D eigenvalue weighted by atomic mass is 28.3. The molecule has 7 heterocycles. The predicted octanol–water partition coefficient (Wildman–Crippen LogP) is 16.4. The van der Waals surface area contributed by atoms with Crippen LogP contribution in [0.4, 0.5) is 0 Å². The van der Waals surface area contributed by atoms with Crippen LogP contribution in [0.25, 0.3) is 93.6 Å². The number of aromatic nitrogens is 3. The van der Waals surface area contributed by atoms with Crippen LogP contribution in [-0.2, 0) is 21.7 Å². The first-order valence-corrected chi connectivity index (χ1v) is 33.5. The van der Waals surface area contributed by atoms with Gasteiger partial charge in [0, 0.05) is 54.9 Å². The molecule has 12 aromatic rings. The van der Waals surface area contributed by atoms with Gasteiger partial charge in [-0.15, -0.1) is 0 Å². The van der Waals surface area contributed by atoms with Gasteiger partial charge in [-0.05, 0) is 175 Å². The third-order valence-corrected chi connectivity index (χ3v) is 25.8. The molecule has 0 radical (unpaired) electrons. The summed E-state index contributed by atoms with van der Waals surface area (Å²) in [6.07, 6.45) is 0. The molecule has 1 spiro atoms. The Balaban J connectivity index is 1.17. The van der Waals surface area contributed by atoms with Gasteiger partial charge >= 0.3 is 0 Å². The Morgan fingerprint density at radius 3 is 1.39 bits per heavy atom. The first-order chi connectivity index (χ1) is 39.7. The van der Waals surface area contributed by atoms with Gasteiger partial charge in [-0.2, -0.15) is 0 Å². The van der Waals surface area contributed by atoms with Crippen molar-refractivity contribution in [2.45, 2.75) is 164 Å². The molecule has 0 unspecified atom stereocenters. The van der Waals surface area contributed by atoms with Crippen LogP contribution in [0.1, 0.15) is 181 Å². The van der Waals surface area contributed by atoms with Crippen molar-refractivity contribution in [3.05, 3.63) is 178 Å². The fourth-order valence-corrected chi connectivity index (χ4v) is 21.9. The lowest BCUT2D eigenvalue weighted by atomic mass is 9.34. The SMILES string of the molecule is CC(C)c1ccc(-n2c3cc(C(C)C)ccc3c3c4c5ccc(C(C)C)cc5n5c4c(cc32)B2c3c-5ccc4c3-n3c5c2cc(C(C)(C)C)cc5c2cc(C(C)(C)C)cc(c23)[Si]42c3cc(C(C)(C)C)ccc3-c3ccc(C(C)(C)C)cc32)cc1. The molecule has 0 amide bonds. The van der Waals surface area contributed by atoms with E-state index < -0.39 is 8.07 Å². The molecule has 0 saturated heterocycles. The van der Waals surface area contributed by atoms with Gasteiger partial charge < -0.3 is 13.7 Å². The Hall–Kier alpha value is -7.34. The number of fused-ring (bicyclic) bond motifs is 18. The fourth-order valence-electron chi connectivity index (χ4n) is 16.2. The van der Waals surface area contributed by atoms with Crippen LogP contribution in [0.2, 0.25) is 0 Å². The molecule has 3 aromatic heterocycles. The molecule has 4 aliphatic heterocycles. The Morgan fingerprint density at radius 2 is 0.845 bits per heavy atom. The third-order valence-electron chi connectivity index (χ3n) is 21.0. The summed E-state index contributed by atoms with van der Waals surface area (Å²) in [5.74, 6) is 1.19. The standard InChI is InChI=1S/C79H80BN3Si/c1-42(2)45-19-25-52(26-20-45)81-62-33-46(43(3)4)21-27-55(62)69-64(81)41-60-74-70(69)56-28-22-47(44(5)6)34-63(56)82(74)61-31-32-65-75-71(61)80(60)59-37-50(78(13,14)15)35-57-58-36-51(79(16,17)18)40-68(73(58)83(75)72(57)59)84(65)66-38-48(76(7,8)9)23-29-53(66)54-30-24-49(39-67(54)84)77(10,11)12/h19-44H,1-18H3. The number of hydrogen-bond donors (Lipinski definition) is 0. The first-order valence-electron chi connectivity index (χ1n) is 31.5. The van der Waals surface area contributed by atoms with E-state index in [2.05, 4.69) is 278 Å². The van der Waals surface area contributed by atoms with Crippen LogP contribution in [0.3, 0.4) is 0 Å². The van der Waals surface area contributed by atoms with Crippen molar-refractivity contribution in [2.24, 2.45) is 0 Å². The lowest BCUT2D eigenvalue weighted by Crippen LogP contribution is -2.77. The van der Waals surface area contributed by atoms with Crippen LogP contribution in [0.5, 0.6) is 0 Å². The van der Waals surface area contributed by atoms with Gasteiger partial charge in [0.05, 0.1) is 27.6 Å². The molecule has 4 aliphatic rings. The average molecular weight is 1110 g/mol. The van der Waals surface area contributed by atoms with Gasteiger partial charge in [-0.25, -0.2) is 0 Å². The average Bonchev–Trinajstić information content (AvgIpc) is 1.41. The summed E-state index contributed by atoms with van der Waals surface area (Å²) in [4.78, 5) is 0. The molecular formula is C79H80BN3Si. The van der Waals surface area contributed by atoms with E-state index in [1.165, 1.54) is 154 Å². The highest BCUT2D eigenvalue weighted by Crippen LogP contribution is 2.49. The van der Waals surface area contributed by atoms with E-state index >= 15 is 0 Å². The van der Waals surface area contributed by atoms with Crippen molar-refractivity contribution >= 4 is 117 Å². The number of benzene rings is 9. The third kappa shape index (κ3) is 6.60. The maximum absolute atomic E-state index is 3.22. The van der Waals surface area contributed by atoms with Gasteiger partial charge in [0.25, 0.3) is 6.71 Å². The Bertz CT molecular complexity index is 4900. The monoisotopic (exact) mass is 1110 g/mol. The zero-order valence-electron chi connectivity index (χ0n) is 52.9. The second-order valence-electron chi connectivity index (χ2n) is 31.2. The van der Waals surface area contributed by atoms with E-state index in [-0.39, 0.29) is 28.4 Å². The molecule has 16 rings (SSSR count). The van der Waals surface area contributed by atoms with Crippen LogP contribution in [-0.4, -0.2) is 28.5 Å². The maximum atomic E-state index is 2.86. The van der Waals surface area contributed by atoms with E-state index in [0.29, 0.717) is 17.8 Å². The van der Waals surface area contributed by atoms with Gasteiger partial charge in [-0.3, -0.25) is 0 Å². The van der Waals surface area contributed by atoms with Crippen molar-refractivity contribution in [3.63, 3.8) is 0 Å². The molecule has 0 N–H and O–H groups in total. The van der Waals surface area contributed by atoms with Crippen molar-refractivity contribution in [3.8, 4) is 28.2 Å². The van der Waals surface area contributed by atoms with E-state index in [0.717, 1.165) is 0 Å². The molecule has 0 bridgehead atoms. The normalized spacial score (nSPS) is 14.9. The minimum absolute atomic E-state index is 0.0460. The Morgan fingerprint density at radius 1 is 0.357 bits per heavy atom. The molecule has 0 aliphatic carbocycles. The fraction of sp³-hybridized carbons (Fsp3) is 0.316. The second kappa shape index (κ2) is 16.5. The van der Waals surface area contributed by atoms with Gasteiger partial charge in [-0.1, -0.05) is 216 Å². The zero-order valence-corrected chi connectivity index (χ0v) is 53.9. The van der Waals surface area contributed by atoms with Crippen molar-refractivity contribution in [1.82, 2.24) is 13.7 Å². The van der Waals surface area contributed by atoms with Crippen LogP contribution < -0.4 is 37.1 Å². The smallest absolute Gasteiger partial charge is 0.252 e. The van der Waals surface area contributed by atoms with E-state index in [9.17, 15) is 0 Å². The minimum Gasteiger partial charge on any atom is -0.310 e. The summed E-state index contributed by atoms with van der Waals surface area (Å²) in [5.41, 5.74) is 28.6. The summed E-state index contributed by atoms with van der Waals surface area (Å²) in [5, 5.41) is 14.4. The van der Waals surface area contributed by atoms with Gasteiger partial charge in [0.2, 0.25) is 0 Å². The van der Waals surface area contributed by atoms with Crippen LogP contribution >= 0.6 is 0 Å². The van der Waals surface area contributed by atoms with E-state index in [1.807, 2.05) is 0 Å². The topological polar surface area (TPSA) is 14.8 Å². The molecule has 9 aromatic carbocycles. The van der Waals surface area contributed by atoms with Crippen molar-refractivity contribution < 1.29 is 0 Å². The summed E-state index contributed by atoms with van der Waals surface area (Å²) in [7, 11) is -3.22. The minimum atomic E-state index is -3.22. The second-order valence-corrected chi connectivity index (χ2v) is 34.8. The summed E-state index contributed by atoms with van der Waals surface area (Å²) < 4.78 is 8.28. The predicted molar refractivity (Wildman–Crippen MR) is 367 cm³/mol. The quantitative estimate of drug-likeness (QED) is 0.156. The highest BCUT2D eigenvalue weighted by molar-refractivity contribution is 7.24. The first kappa shape index (κ1) is 52.2. The molecule has 5 heteroatoms. The lowest BCUT2D eigenvalue weighted by Gasteiger charge is -2.43. The summed E-state index contributed by atoms with van der Waals surface area (Å²) >= 11 is 0. The van der Waals surface area contributed by atoms with Crippen LogP contribution in [0.15, 0.2) is 140 Å². The summed E-state index contributed by atoms with van der Waals surface area (Å²) in [6.45, 7) is 43.0. The van der Waals surface area contributed by atoms with Gasteiger partial charge in [0.15, 0.2) is 8.07 Å². The number of rotatable bonds is 4. The highest BCUT2D eigenvalue weighted by Gasteiger charge is 2.57. The lowest BCUT2D eigenvalue weighted by molar-refractivity contribution is 0.590. The van der Waals surface area contributed by atoms with Gasteiger partial charge in [0.1, 0.15) is 0 Å². The number of hydrogen-bond acceptors (Lipinski definition) is 0. The van der Waals surface area contributed by atoms with Crippen molar-refractivity contribution in [2.75, 3.05) is 0 Å².